The van der Waals surface area contributed by atoms with Crippen LogP contribution in [0, 0.1) is 0 Å². The number of hydrogen-bond acceptors (Lipinski definition) is 4. The summed E-state index contributed by atoms with van der Waals surface area (Å²) in [5.74, 6) is 1.27. The Bertz CT molecular complexity index is 379. The average molecular weight is 206 g/mol. The summed E-state index contributed by atoms with van der Waals surface area (Å²) >= 11 is 0. The number of pyridine rings is 1. The molecule has 1 aliphatic rings. The second-order valence-corrected chi connectivity index (χ2v) is 3.58. The van der Waals surface area contributed by atoms with Crippen LogP contribution in [-0.4, -0.2) is 30.0 Å². The molecule has 0 aliphatic carbocycles. The Morgan fingerprint density at radius 1 is 1.60 bits per heavy atom. The van der Waals surface area contributed by atoms with Crippen molar-refractivity contribution >= 4 is 17.5 Å². The lowest BCUT2D eigenvalue weighted by atomic mass is 10.2. The lowest BCUT2D eigenvalue weighted by Crippen LogP contribution is -2.54. The van der Waals surface area contributed by atoms with Crippen molar-refractivity contribution in [2.75, 3.05) is 23.7 Å². The number of piperazine rings is 1. The van der Waals surface area contributed by atoms with E-state index in [9.17, 15) is 4.79 Å². The molecule has 1 aromatic rings. The van der Waals surface area contributed by atoms with Gasteiger partial charge in [-0.05, 0) is 19.1 Å². The van der Waals surface area contributed by atoms with Crippen molar-refractivity contribution in [3.05, 3.63) is 18.2 Å². The third-order valence-electron chi connectivity index (χ3n) is 2.55. The third-order valence-corrected chi connectivity index (χ3v) is 2.55. The van der Waals surface area contributed by atoms with E-state index >= 15 is 0 Å². The van der Waals surface area contributed by atoms with Gasteiger partial charge in [0, 0.05) is 13.1 Å². The smallest absolute Gasteiger partial charge is 0.242 e. The number of nitrogen functional groups attached to an aromatic ring is 1. The molecule has 5 nitrogen and oxygen atoms in total. The number of amides is 1. The van der Waals surface area contributed by atoms with Crippen molar-refractivity contribution in [2.24, 2.45) is 0 Å². The predicted molar refractivity (Wildman–Crippen MR) is 58.5 cm³/mol. The Morgan fingerprint density at radius 3 is 3.13 bits per heavy atom. The molecule has 1 saturated heterocycles. The quantitative estimate of drug-likeness (QED) is 0.678. The number of rotatable bonds is 1. The maximum Gasteiger partial charge on any atom is 0.242 e. The highest BCUT2D eigenvalue weighted by atomic mass is 16.2. The first-order valence-electron chi connectivity index (χ1n) is 4.95. The van der Waals surface area contributed by atoms with Gasteiger partial charge in [0.25, 0.3) is 0 Å². The fourth-order valence-electron chi connectivity index (χ4n) is 1.69. The summed E-state index contributed by atoms with van der Waals surface area (Å²) < 4.78 is 0. The van der Waals surface area contributed by atoms with Crippen LogP contribution < -0.4 is 16.0 Å². The molecule has 3 N–H and O–H groups in total. The van der Waals surface area contributed by atoms with Gasteiger partial charge in [0.1, 0.15) is 17.7 Å². The highest BCUT2D eigenvalue weighted by Gasteiger charge is 2.26. The lowest BCUT2D eigenvalue weighted by Gasteiger charge is -2.33. The number of carbonyl (C=O) groups is 1. The summed E-state index contributed by atoms with van der Waals surface area (Å²) in [6.45, 7) is 3.28. The normalized spacial score (nSPS) is 21.3. The van der Waals surface area contributed by atoms with Crippen LogP contribution in [0.25, 0.3) is 0 Å². The monoisotopic (exact) mass is 206 g/mol. The maximum absolute atomic E-state index is 11.5. The number of carbonyl (C=O) groups excluding carboxylic acids is 1. The van der Waals surface area contributed by atoms with E-state index in [2.05, 4.69) is 10.3 Å². The van der Waals surface area contributed by atoms with Crippen molar-refractivity contribution in [2.45, 2.75) is 13.0 Å². The van der Waals surface area contributed by atoms with Crippen LogP contribution in [0.1, 0.15) is 6.92 Å². The van der Waals surface area contributed by atoms with Crippen molar-refractivity contribution in [3.63, 3.8) is 0 Å². The van der Waals surface area contributed by atoms with Crippen LogP contribution in [-0.2, 0) is 4.79 Å². The van der Waals surface area contributed by atoms with E-state index in [0.29, 0.717) is 12.4 Å². The summed E-state index contributed by atoms with van der Waals surface area (Å²) in [5, 5.41) is 2.81. The fourth-order valence-corrected chi connectivity index (χ4v) is 1.69. The predicted octanol–water partition coefficient (Wildman–Crippen LogP) is -0.0115. The number of nitrogens with two attached hydrogens (primary N) is 1. The topological polar surface area (TPSA) is 71.2 Å². The van der Waals surface area contributed by atoms with E-state index in [1.807, 2.05) is 24.0 Å². The number of nitrogens with one attached hydrogen (secondary N) is 1. The molecule has 1 fully saturated rings. The Balaban J connectivity index is 2.26. The highest BCUT2D eigenvalue weighted by molar-refractivity contribution is 5.85. The summed E-state index contributed by atoms with van der Waals surface area (Å²) in [4.78, 5) is 17.6. The van der Waals surface area contributed by atoms with Gasteiger partial charge in [-0.2, -0.15) is 0 Å². The molecule has 0 spiro atoms. The molecule has 2 rings (SSSR count). The van der Waals surface area contributed by atoms with Crippen LogP contribution in [0.15, 0.2) is 18.2 Å². The van der Waals surface area contributed by atoms with Crippen LogP contribution >= 0.6 is 0 Å². The van der Waals surface area contributed by atoms with Gasteiger partial charge in [-0.25, -0.2) is 4.98 Å². The Morgan fingerprint density at radius 2 is 2.40 bits per heavy atom. The number of nitrogens with zero attached hydrogens (tertiary/aromatic N) is 2. The zero-order valence-electron chi connectivity index (χ0n) is 8.60. The number of aromatic nitrogens is 1. The summed E-state index contributed by atoms with van der Waals surface area (Å²) in [5.41, 5.74) is 5.61. The van der Waals surface area contributed by atoms with Gasteiger partial charge in [-0.15, -0.1) is 0 Å². The van der Waals surface area contributed by atoms with E-state index in [4.69, 9.17) is 5.73 Å². The first-order valence-corrected chi connectivity index (χ1v) is 4.95. The van der Waals surface area contributed by atoms with Gasteiger partial charge in [-0.1, -0.05) is 6.07 Å². The standard InChI is InChI=1S/C10H14N4O/c1-7-10(15)12-5-6-14(7)9-4-2-3-8(11)13-9/h2-4,7H,5-6H2,1H3,(H2,11,13)(H,12,15). The minimum atomic E-state index is -0.187. The van der Waals surface area contributed by atoms with E-state index in [0.717, 1.165) is 12.4 Å². The van der Waals surface area contributed by atoms with Crippen LogP contribution in [0.4, 0.5) is 11.6 Å². The van der Waals surface area contributed by atoms with Gasteiger partial charge in [0.2, 0.25) is 5.91 Å². The average Bonchev–Trinajstić information content (AvgIpc) is 2.22. The number of hydrogen-bond donors (Lipinski definition) is 2. The molecule has 1 unspecified atom stereocenters. The van der Waals surface area contributed by atoms with Crippen molar-refractivity contribution in [1.82, 2.24) is 10.3 Å². The highest BCUT2D eigenvalue weighted by Crippen LogP contribution is 2.16. The summed E-state index contributed by atoms with van der Waals surface area (Å²) in [6.07, 6.45) is 0. The third kappa shape index (κ3) is 1.86. The molecule has 0 saturated carbocycles. The molecule has 1 atom stereocenters. The molecule has 0 aromatic carbocycles. The minimum absolute atomic E-state index is 0.0328. The van der Waals surface area contributed by atoms with Crippen LogP contribution in [0.2, 0.25) is 0 Å². The molecular weight excluding hydrogens is 192 g/mol. The van der Waals surface area contributed by atoms with Gasteiger partial charge >= 0.3 is 0 Å². The van der Waals surface area contributed by atoms with E-state index in [-0.39, 0.29) is 11.9 Å². The summed E-state index contributed by atoms with van der Waals surface area (Å²) in [6, 6.07) is 5.26. The number of anilines is 2. The van der Waals surface area contributed by atoms with Crippen molar-refractivity contribution in [3.8, 4) is 0 Å². The lowest BCUT2D eigenvalue weighted by molar-refractivity contribution is -0.122. The Kier molecular flexibility index (Phi) is 2.45. The van der Waals surface area contributed by atoms with Gasteiger partial charge in [-0.3, -0.25) is 4.79 Å². The van der Waals surface area contributed by atoms with E-state index in [1.54, 1.807) is 6.07 Å². The first-order chi connectivity index (χ1) is 7.18. The van der Waals surface area contributed by atoms with E-state index < -0.39 is 0 Å². The van der Waals surface area contributed by atoms with Gasteiger partial charge < -0.3 is 16.0 Å². The SMILES string of the molecule is CC1C(=O)NCCN1c1cccc(N)n1. The maximum atomic E-state index is 11.5. The van der Waals surface area contributed by atoms with Crippen LogP contribution in [0.3, 0.4) is 0 Å². The zero-order chi connectivity index (χ0) is 10.8. The molecule has 0 radical (unpaired) electrons. The van der Waals surface area contributed by atoms with Gasteiger partial charge in [0.05, 0.1) is 0 Å². The van der Waals surface area contributed by atoms with Crippen LogP contribution in [0.5, 0.6) is 0 Å². The molecule has 1 aliphatic heterocycles. The minimum Gasteiger partial charge on any atom is -0.384 e. The molecule has 15 heavy (non-hydrogen) atoms. The molecule has 1 amide bonds. The van der Waals surface area contributed by atoms with Crippen molar-refractivity contribution < 1.29 is 4.79 Å². The van der Waals surface area contributed by atoms with Gasteiger partial charge in [0.15, 0.2) is 0 Å². The molecular formula is C10H14N4O. The molecule has 0 bridgehead atoms. The second-order valence-electron chi connectivity index (χ2n) is 3.58. The van der Waals surface area contributed by atoms with Crippen molar-refractivity contribution in [1.29, 1.82) is 0 Å². The fraction of sp³-hybridized carbons (Fsp3) is 0.400. The summed E-state index contributed by atoms with van der Waals surface area (Å²) in [7, 11) is 0. The zero-order valence-corrected chi connectivity index (χ0v) is 8.60. The second kappa shape index (κ2) is 3.76. The largest absolute Gasteiger partial charge is 0.384 e. The molecule has 1 aromatic heterocycles. The molecule has 5 heteroatoms. The molecule has 2 heterocycles. The first kappa shape index (κ1) is 9.76. The van der Waals surface area contributed by atoms with E-state index in [1.165, 1.54) is 0 Å². The Labute approximate surface area is 88.3 Å². The molecule has 80 valence electrons. The Hall–Kier alpha value is -1.78.